The average molecular weight is 1600 g/mol. The van der Waals surface area contributed by atoms with Gasteiger partial charge in [0.1, 0.15) is 195 Å². The van der Waals surface area contributed by atoms with E-state index >= 15 is 0 Å². The lowest BCUT2D eigenvalue weighted by Crippen LogP contribution is -2.70. The second-order valence-corrected chi connectivity index (χ2v) is 27.8. The summed E-state index contributed by atoms with van der Waals surface area (Å²) >= 11 is 0. The molecule has 0 radical (unpaired) electrons. The molecular weight excluding hydrogens is 1500 g/mol. The monoisotopic (exact) mass is 1600 g/mol. The van der Waals surface area contributed by atoms with Gasteiger partial charge < -0.3 is 200 Å². The molecule has 0 aliphatic carbocycles. The van der Waals surface area contributed by atoms with E-state index in [1.165, 1.54) is 0 Å². The van der Waals surface area contributed by atoms with Crippen molar-refractivity contribution in [3.8, 4) is 0 Å². The van der Waals surface area contributed by atoms with Gasteiger partial charge in [0.05, 0.1) is 52.9 Å². The summed E-state index contributed by atoms with van der Waals surface area (Å²) in [5.74, 6) is -4.40. The Labute approximate surface area is 612 Å². The number of hydrogen-bond acceptors (Lipinski definition) is 43. The van der Waals surface area contributed by atoms with E-state index < -0.39 is 338 Å². The molecule has 26 N–H and O–H groups in total. The predicted octanol–water partition coefficient (Wildman–Crippen LogP) is -17.9. The van der Waals surface area contributed by atoms with Crippen molar-refractivity contribution >= 4 is 39.9 Å². The number of nitrogens with one attached hydrogen (secondary N) is 5. The van der Waals surface area contributed by atoms with Crippen molar-refractivity contribution in [3.63, 3.8) is 0 Å². The fourth-order valence-electron chi connectivity index (χ4n) is 13.4. The number of carbonyl (C=O) groups excluding carboxylic acids is 5. The third-order valence-electron chi connectivity index (χ3n) is 18.8. The Kier molecular flexibility index (Phi) is 32.1. The van der Waals surface area contributed by atoms with Crippen LogP contribution in [0.4, 0.5) is 0 Å². The van der Waals surface area contributed by atoms with Gasteiger partial charge in [-0.15, -0.1) is 0 Å². The molecular formula is C58H97N5O44S. The smallest absolute Gasteiger partial charge is 0.394 e. The zero-order valence-electron chi connectivity index (χ0n) is 57.9. The largest absolute Gasteiger partial charge is 0.397 e. The minimum atomic E-state index is -5.32. The first-order valence-corrected chi connectivity index (χ1v) is 35.1. The lowest BCUT2D eigenvalue weighted by atomic mass is 9.93. The van der Waals surface area contributed by atoms with Crippen LogP contribution < -0.4 is 26.6 Å². The summed E-state index contributed by atoms with van der Waals surface area (Å²) in [6, 6.07) is -8.98. The second kappa shape index (κ2) is 38.8. The van der Waals surface area contributed by atoms with Crippen molar-refractivity contribution < 1.29 is 214 Å². The number of rotatable bonds is 29. The standard InChI is InChI=1S/C58H97N5O44S/c1-14(69)59-27-41(83)46(22(9-67)95-51(27)88)103-55-31(63-18(5)73)42(84)47(23(10-68)99-55)104-56-45(87)48(105-58-50(43(85)34(76)21(8-66)98-58)107-54-30(62-17(4)72)40(82)35(77)26(100-54)13-94-108(89,90)91)37(79)25(101-56)12-93-57-49(106-53-29(61-16(3)71)39(81)33(75)20(7-65)97-53)44(86)36(78)24(102-57)11-92-52-28(60-15(2)70)38(80)32(74)19(6-64)96-52/h19-58,64-68,74-88H,6-13H2,1-5H3,(H,59,69)(H,60,70)(H,61,71)(H,62,72)(H,63,73)(H,89,90,91)/t19-,20-,21-,22-,23-,24-,25-,26-,27-,28-,29-,30+,31-,32-,33-,34-,35-,36-,37-,38-,39-,40-,41-,42-,43+,44+,45+,46-,47-,48+,49+,50+,51-,52-,53+,54+,55+,56+,57+,58-/m1/s1. The maximum absolute atomic E-state index is 13.0. The Balaban J connectivity index is 1.19. The van der Waals surface area contributed by atoms with Crippen molar-refractivity contribution in [3.05, 3.63) is 0 Å². The molecule has 108 heavy (non-hydrogen) atoms. The fraction of sp³-hybridized carbons (Fsp3) is 0.914. The highest BCUT2D eigenvalue weighted by molar-refractivity contribution is 7.80. The van der Waals surface area contributed by atoms with E-state index in [2.05, 4.69) is 30.8 Å². The Morgan fingerprint density at radius 3 is 1.03 bits per heavy atom. The van der Waals surface area contributed by atoms with Crippen LogP contribution in [0, 0.1) is 0 Å². The van der Waals surface area contributed by atoms with Gasteiger partial charge in [-0.05, 0) is 0 Å². The minimum absolute atomic E-state index is 0.793. The molecule has 624 valence electrons. The summed E-state index contributed by atoms with van der Waals surface area (Å²) in [7, 11) is -5.32. The maximum atomic E-state index is 13.0. The Morgan fingerprint density at radius 2 is 0.574 bits per heavy atom. The topological polar surface area (TPSA) is 752 Å². The molecule has 8 aliphatic rings. The minimum Gasteiger partial charge on any atom is -0.394 e. The van der Waals surface area contributed by atoms with E-state index in [-0.39, 0.29) is 0 Å². The Morgan fingerprint density at radius 1 is 0.287 bits per heavy atom. The molecule has 0 spiro atoms. The van der Waals surface area contributed by atoms with E-state index in [9.17, 15) is 139 Å². The maximum Gasteiger partial charge on any atom is 0.397 e. The number of ether oxygens (including phenoxy) is 15. The molecule has 8 fully saturated rings. The molecule has 8 rings (SSSR count). The Hall–Kier alpha value is -4.18. The van der Waals surface area contributed by atoms with Gasteiger partial charge >= 0.3 is 10.4 Å². The zero-order chi connectivity index (χ0) is 80.0. The molecule has 8 saturated heterocycles. The van der Waals surface area contributed by atoms with E-state index in [1.807, 2.05) is 0 Å². The first-order valence-electron chi connectivity index (χ1n) is 33.7. The molecule has 0 aromatic heterocycles. The molecule has 0 aromatic rings. The molecule has 8 heterocycles. The molecule has 0 unspecified atom stereocenters. The van der Waals surface area contributed by atoms with Crippen LogP contribution in [-0.4, -0.2) is 443 Å². The van der Waals surface area contributed by atoms with Crippen molar-refractivity contribution in [2.75, 3.05) is 52.9 Å². The summed E-state index contributed by atoms with van der Waals surface area (Å²) in [6.07, 6.45) is -74.2. The van der Waals surface area contributed by atoms with Crippen LogP contribution in [-0.2, 0) is 110 Å². The third kappa shape index (κ3) is 21.0. The summed E-state index contributed by atoms with van der Waals surface area (Å²) in [5, 5.41) is 236. The lowest BCUT2D eigenvalue weighted by Gasteiger charge is -2.51. The van der Waals surface area contributed by atoms with Crippen LogP contribution in [0.5, 0.6) is 0 Å². The average Bonchev–Trinajstić information content (AvgIpc) is 0.765. The fourth-order valence-corrected chi connectivity index (χ4v) is 13.7. The molecule has 5 amide bonds. The summed E-state index contributed by atoms with van der Waals surface area (Å²) in [6.45, 7) is -4.07. The SMILES string of the molecule is CC(=O)N[C@@H]1[C@H](O[C@@H]2[C@@H](O[C@@H]3[C@H](O)[C@H](O[C@H]4[C@H](O)[C@@H](NC(C)=O)[C@H](O[C@H]5[C@H](O)[C@@H](NC(C)=O)[C@H](O)O[C@@H]5CO)O[C@@H]4CO)O[C@H](CO[C@H]4O[C@H](CO[C@@H]5O[C@H](CO)[C@@H](O)[C@H](O)[C@H]5NC(C)=O)[C@@H](O)[C@H](O)[C@@H]4O[C@@H]4O[C@H](CO)[C@@H](O)[C@H](O)[C@H]4NC(C)=O)[C@H]3O)O[C@H](CO)[C@@H](O)[C@@H]2O)O[C@H](COS(=O)(=O)O)[C@@H](O)[C@@H]1O. The van der Waals surface area contributed by atoms with E-state index in [4.69, 9.17) is 71.1 Å². The number of aliphatic hydroxyl groups excluding tert-OH is 20. The molecule has 0 aromatic carbocycles. The van der Waals surface area contributed by atoms with Gasteiger partial charge in [-0.1, -0.05) is 0 Å². The van der Waals surface area contributed by atoms with Crippen LogP contribution in [0.3, 0.4) is 0 Å². The van der Waals surface area contributed by atoms with Gasteiger partial charge in [0.2, 0.25) is 29.5 Å². The highest BCUT2D eigenvalue weighted by atomic mass is 32.3. The van der Waals surface area contributed by atoms with Gasteiger partial charge in [-0.25, -0.2) is 4.18 Å². The molecule has 40 atom stereocenters. The van der Waals surface area contributed by atoms with Crippen molar-refractivity contribution in [2.24, 2.45) is 0 Å². The van der Waals surface area contributed by atoms with Crippen molar-refractivity contribution in [2.45, 2.75) is 280 Å². The van der Waals surface area contributed by atoms with E-state index in [1.54, 1.807) is 0 Å². The quantitative estimate of drug-likeness (QED) is 0.0309. The highest BCUT2D eigenvalue weighted by Crippen LogP contribution is 2.39. The van der Waals surface area contributed by atoms with E-state index in [0.717, 1.165) is 34.6 Å². The van der Waals surface area contributed by atoms with Crippen LogP contribution >= 0.6 is 0 Å². The second-order valence-electron chi connectivity index (χ2n) is 26.7. The number of amides is 5. The third-order valence-corrected chi connectivity index (χ3v) is 19.3. The van der Waals surface area contributed by atoms with Gasteiger partial charge in [0.15, 0.2) is 50.3 Å². The molecule has 49 nitrogen and oxygen atoms in total. The van der Waals surface area contributed by atoms with Gasteiger partial charge in [-0.3, -0.25) is 28.5 Å². The molecule has 0 bridgehead atoms. The predicted molar refractivity (Wildman–Crippen MR) is 333 cm³/mol. The Bertz CT molecular complexity index is 3040. The van der Waals surface area contributed by atoms with Crippen molar-refractivity contribution in [1.29, 1.82) is 0 Å². The highest BCUT2D eigenvalue weighted by Gasteiger charge is 2.60. The first-order chi connectivity index (χ1) is 50.8. The van der Waals surface area contributed by atoms with Crippen LogP contribution in [0.2, 0.25) is 0 Å². The van der Waals surface area contributed by atoms with Crippen LogP contribution in [0.1, 0.15) is 34.6 Å². The first kappa shape index (κ1) is 89.4. The van der Waals surface area contributed by atoms with Crippen LogP contribution in [0.15, 0.2) is 0 Å². The lowest BCUT2D eigenvalue weighted by molar-refractivity contribution is -0.396. The van der Waals surface area contributed by atoms with E-state index in [0.29, 0.717) is 0 Å². The number of carbonyl (C=O) groups is 5. The molecule has 50 heteroatoms. The number of aliphatic hydroxyl groups is 20. The number of hydrogen-bond donors (Lipinski definition) is 26. The van der Waals surface area contributed by atoms with Crippen molar-refractivity contribution in [1.82, 2.24) is 26.6 Å². The zero-order valence-corrected chi connectivity index (χ0v) is 58.8. The normalized spacial score (nSPS) is 46.1. The van der Waals surface area contributed by atoms with Crippen LogP contribution in [0.25, 0.3) is 0 Å². The van der Waals surface area contributed by atoms with Gasteiger partial charge in [-0.2, -0.15) is 8.42 Å². The molecule has 0 saturated carbocycles. The molecule has 8 aliphatic heterocycles. The summed E-state index contributed by atoms with van der Waals surface area (Å²) in [5.41, 5.74) is 0. The van der Waals surface area contributed by atoms with Gasteiger partial charge in [0, 0.05) is 34.6 Å². The summed E-state index contributed by atoms with van der Waals surface area (Å²) in [4.78, 5) is 62.6. The van der Waals surface area contributed by atoms with Gasteiger partial charge in [0.25, 0.3) is 0 Å². The summed E-state index contributed by atoms with van der Waals surface area (Å²) < 4.78 is 126.